The van der Waals surface area contributed by atoms with Crippen molar-refractivity contribution in [2.45, 2.75) is 0 Å². The fourth-order valence-corrected chi connectivity index (χ4v) is 2.04. The van der Waals surface area contributed by atoms with Gasteiger partial charge in [-0.2, -0.15) is 10.4 Å². The minimum Gasteiger partial charge on any atom is -0.496 e. The molecule has 9 nitrogen and oxygen atoms in total. The second-order valence-electron chi connectivity index (χ2n) is 4.83. The first kappa shape index (κ1) is 18.4. The number of non-ortho nitro benzene ring substituents is 1. The first-order valence-corrected chi connectivity index (χ1v) is 7.31. The second kappa shape index (κ2) is 8.79. The maximum atomic E-state index is 12.2. The van der Waals surface area contributed by atoms with Crippen molar-refractivity contribution in [3.05, 3.63) is 63.7 Å². The highest BCUT2D eigenvalue weighted by Gasteiger charge is 2.17. The molecule has 0 unspecified atom stereocenters. The molecule has 9 heteroatoms. The Balaban J connectivity index is 2.17. The largest absolute Gasteiger partial charge is 0.496 e. The number of hydrazone groups is 1. The van der Waals surface area contributed by atoms with Crippen molar-refractivity contribution in [2.24, 2.45) is 5.10 Å². The topological polar surface area (TPSA) is 127 Å². The number of rotatable bonds is 7. The van der Waals surface area contributed by atoms with E-state index in [9.17, 15) is 14.9 Å². The molecule has 0 saturated carbocycles. The summed E-state index contributed by atoms with van der Waals surface area (Å²) < 4.78 is 10.3. The van der Waals surface area contributed by atoms with Crippen LogP contribution in [0.3, 0.4) is 0 Å². The van der Waals surface area contributed by atoms with Crippen LogP contribution in [-0.2, 0) is 0 Å². The lowest BCUT2D eigenvalue weighted by Gasteiger charge is -2.07. The van der Waals surface area contributed by atoms with Gasteiger partial charge in [0.2, 0.25) is 0 Å². The zero-order valence-electron chi connectivity index (χ0n) is 13.7. The molecule has 0 aliphatic carbocycles. The minimum atomic E-state index is -0.669. The Kier molecular flexibility index (Phi) is 6.23. The highest BCUT2D eigenvalue weighted by atomic mass is 16.6. The van der Waals surface area contributed by atoms with Gasteiger partial charge in [-0.15, -0.1) is 0 Å². The number of ether oxygens (including phenoxy) is 2. The van der Waals surface area contributed by atoms with E-state index in [0.717, 1.165) is 6.07 Å². The Morgan fingerprint density at radius 2 is 2.12 bits per heavy atom. The molecule has 2 rings (SSSR count). The van der Waals surface area contributed by atoms with Gasteiger partial charge >= 0.3 is 0 Å². The van der Waals surface area contributed by atoms with Gasteiger partial charge in [0.05, 0.1) is 23.8 Å². The maximum Gasteiger partial charge on any atom is 0.275 e. The fraction of sp³-hybridized carbons (Fsp3) is 0.118. The molecule has 0 aliphatic heterocycles. The SMILES string of the molecule is COc1ccc([N+](=O)[O-])cc1C(=O)N/N=C\c1ccccc1OCC#N. The van der Waals surface area contributed by atoms with Crippen LogP contribution in [0.15, 0.2) is 47.6 Å². The molecule has 1 N–H and O–H groups in total. The van der Waals surface area contributed by atoms with E-state index in [1.54, 1.807) is 24.3 Å². The molecule has 0 aromatic heterocycles. The van der Waals surface area contributed by atoms with Crippen molar-refractivity contribution in [1.29, 1.82) is 5.26 Å². The molecule has 0 radical (unpaired) electrons. The van der Waals surface area contributed by atoms with Crippen LogP contribution < -0.4 is 14.9 Å². The number of hydrogen-bond acceptors (Lipinski definition) is 7. The lowest BCUT2D eigenvalue weighted by atomic mass is 10.1. The maximum absolute atomic E-state index is 12.2. The van der Waals surface area contributed by atoms with Gasteiger partial charge in [-0.1, -0.05) is 12.1 Å². The van der Waals surface area contributed by atoms with E-state index in [1.165, 1.54) is 25.5 Å². The first-order valence-electron chi connectivity index (χ1n) is 7.31. The van der Waals surface area contributed by atoms with Crippen LogP contribution in [0.4, 0.5) is 5.69 Å². The van der Waals surface area contributed by atoms with E-state index in [4.69, 9.17) is 14.7 Å². The van der Waals surface area contributed by atoms with Crippen LogP contribution >= 0.6 is 0 Å². The van der Waals surface area contributed by atoms with Crippen molar-refractivity contribution in [3.63, 3.8) is 0 Å². The van der Waals surface area contributed by atoms with Crippen LogP contribution in [0.1, 0.15) is 15.9 Å². The van der Waals surface area contributed by atoms with E-state index >= 15 is 0 Å². The molecule has 0 heterocycles. The summed E-state index contributed by atoms with van der Waals surface area (Å²) in [6.07, 6.45) is 1.34. The summed E-state index contributed by atoms with van der Waals surface area (Å²) in [5.41, 5.74) is 2.57. The van der Waals surface area contributed by atoms with E-state index in [2.05, 4.69) is 10.5 Å². The van der Waals surface area contributed by atoms with Gasteiger partial charge in [-0.25, -0.2) is 5.43 Å². The number of benzene rings is 2. The molecule has 2 aromatic carbocycles. The molecule has 0 atom stereocenters. The third-order valence-electron chi connectivity index (χ3n) is 3.22. The number of carbonyl (C=O) groups is 1. The number of nitrogens with zero attached hydrogens (tertiary/aromatic N) is 3. The Bertz CT molecular complexity index is 889. The number of nitro groups is 1. The lowest BCUT2D eigenvalue weighted by molar-refractivity contribution is -0.384. The van der Waals surface area contributed by atoms with Crippen molar-refractivity contribution >= 4 is 17.8 Å². The first-order chi connectivity index (χ1) is 12.6. The third-order valence-corrected chi connectivity index (χ3v) is 3.22. The molecule has 1 amide bonds. The van der Waals surface area contributed by atoms with Crippen molar-refractivity contribution in [1.82, 2.24) is 5.43 Å². The van der Waals surface area contributed by atoms with Gasteiger partial charge in [0.1, 0.15) is 17.6 Å². The summed E-state index contributed by atoms with van der Waals surface area (Å²) in [5.74, 6) is -0.0572. The smallest absolute Gasteiger partial charge is 0.275 e. The average molecular weight is 354 g/mol. The molecule has 0 aliphatic rings. The molecule has 0 fully saturated rings. The zero-order valence-corrected chi connectivity index (χ0v) is 13.7. The molecule has 26 heavy (non-hydrogen) atoms. The van der Waals surface area contributed by atoms with Crippen LogP contribution in [0.5, 0.6) is 11.5 Å². The van der Waals surface area contributed by atoms with Crippen LogP contribution in [0, 0.1) is 21.4 Å². The number of nitro benzene ring substituents is 1. The summed E-state index contributed by atoms with van der Waals surface area (Å²) in [6, 6.07) is 12.4. The quantitative estimate of drug-likeness (QED) is 0.461. The molecule has 2 aromatic rings. The highest BCUT2D eigenvalue weighted by Crippen LogP contribution is 2.23. The van der Waals surface area contributed by atoms with Crippen LogP contribution in [0.2, 0.25) is 0 Å². The summed E-state index contributed by atoms with van der Waals surface area (Å²) >= 11 is 0. The summed E-state index contributed by atoms with van der Waals surface area (Å²) in [5, 5.41) is 23.3. The minimum absolute atomic E-state index is 0.0205. The number of hydrogen-bond donors (Lipinski definition) is 1. The molecule has 132 valence electrons. The Morgan fingerprint density at radius 3 is 2.81 bits per heavy atom. The lowest BCUT2D eigenvalue weighted by Crippen LogP contribution is -2.18. The number of nitrogens with one attached hydrogen (secondary N) is 1. The molecule has 0 bridgehead atoms. The average Bonchev–Trinajstić information content (AvgIpc) is 2.66. The molecular formula is C17H14N4O5. The van der Waals surface area contributed by atoms with E-state index in [1.807, 2.05) is 6.07 Å². The Morgan fingerprint density at radius 1 is 1.35 bits per heavy atom. The van der Waals surface area contributed by atoms with Crippen LogP contribution in [-0.4, -0.2) is 30.8 Å². The van der Waals surface area contributed by atoms with E-state index in [0.29, 0.717) is 11.3 Å². The van der Waals surface area contributed by atoms with Gasteiger partial charge < -0.3 is 9.47 Å². The summed E-state index contributed by atoms with van der Waals surface area (Å²) in [7, 11) is 1.35. The third kappa shape index (κ3) is 4.55. The van der Waals surface area contributed by atoms with Gasteiger partial charge in [0.25, 0.3) is 11.6 Å². The number of methoxy groups -OCH3 is 1. The zero-order chi connectivity index (χ0) is 18.9. The van der Waals surface area contributed by atoms with Gasteiger partial charge in [-0.05, 0) is 18.2 Å². The fourth-order valence-electron chi connectivity index (χ4n) is 2.04. The molecule has 0 saturated heterocycles. The summed E-state index contributed by atoms with van der Waals surface area (Å²) in [6.45, 7) is -0.123. The van der Waals surface area contributed by atoms with Gasteiger partial charge in [0.15, 0.2) is 6.61 Å². The van der Waals surface area contributed by atoms with Gasteiger partial charge in [-0.3, -0.25) is 14.9 Å². The van der Waals surface area contributed by atoms with Gasteiger partial charge in [0, 0.05) is 17.7 Å². The highest BCUT2D eigenvalue weighted by molar-refractivity contribution is 5.98. The van der Waals surface area contributed by atoms with Crippen molar-refractivity contribution < 1.29 is 19.2 Å². The van der Waals surface area contributed by atoms with E-state index in [-0.39, 0.29) is 23.6 Å². The molecule has 0 spiro atoms. The number of nitriles is 1. The van der Waals surface area contributed by atoms with Crippen molar-refractivity contribution in [3.8, 4) is 17.6 Å². The predicted molar refractivity (Wildman–Crippen MR) is 92.3 cm³/mol. The van der Waals surface area contributed by atoms with E-state index < -0.39 is 10.8 Å². The Hall–Kier alpha value is -3.93. The normalized spacial score (nSPS) is 10.2. The Labute approximate surface area is 148 Å². The standard InChI is InChI=1S/C17H14N4O5/c1-25-16-7-6-13(21(23)24)10-14(16)17(22)20-19-11-12-4-2-3-5-15(12)26-9-8-18/h2-7,10-11H,9H2,1H3,(H,20,22)/b19-11-. The van der Waals surface area contributed by atoms with Crippen molar-refractivity contribution in [2.75, 3.05) is 13.7 Å². The number of carbonyl (C=O) groups excluding carboxylic acids is 1. The predicted octanol–water partition coefficient (Wildman–Crippen LogP) is 2.27. The second-order valence-corrected chi connectivity index (χ2v) is 4.83. The molecular weight excluding hydrogens is 340 g/mol. The number of para-hydroxylation sites is 1. The van der Waals surface area contributed by atoms with Crippen LogP contribution in [0.25, 0.3) is 0 Å². The number of amides is 1. The monoisotopic (exact) mass is 354 g/mol. The summed E-state index contributed by atoms with van der Waals surface area (Å²) in [4.78, 5) is 22.5.